The van der Waals surface area contributed by atoms with Crippen molar-refractivity contribution < 1.29 is 19.0 Å². The Kier molecular flexibility index (Phi) is 4.26. The van der Waals surface area contributed by atoms with Crippen molar-refractivity contribution in [1.82, 2.24) is 4.90 Å². The summed E-state index contributed by atoms with van der Waals surface area (Å²) >= 11 is 6.98. The summed E-state index contributed by atoms with van der Waals surface area (Å²) in [6, 6.07) is 20.8. The van der Waals surface area contributed by atoms with Gasteiger partial charge < -0.3 is 14.2 Å². The van der Waals surface area contributed by atoms with Crippen LogP contribution in [-0.2, 0) is 4.79 Å². The van der Waals surface area contributed by atoms with Crippen LogP contribution in [0.4, 0.5) is 0 Å². The summed E-state index contributed by atoms with van der Waals surface area (Å²) in [6.45, 7) is 0.212. The normalized spacial score (nSPS) is 18.2. The van der Waals surface area contributed by atoms with Crippen LogP contribution in [0.15, 0.2) is 71.6 Å². The van der Waals surface area contributed by atoms with Crippen LogP contribution in [0.3, 0.4) is 0 Å². The molecule has 1 fully saturated rings. The number of thioether (sulfide) groups is 1. The van der Waals surface area contributed by atoms with Crippen molar-refractivity contribution in [2.24, 2.45) is 0 Å². The minimum atomic E-state index is -0.337. The fraction of sp³-hybridized carbons (Fsp3) is 0.0833. The molecule has 5 nitrogen and oxygen atoms in total. The fourth-order valence-electron chi connectivity index (χ4n) is 4.02. The Morgan fingerprint density at radius 1 is 0.903 bits per heavy atom. The van der Waals surface area contributed by atoms with Crippen molar-refractivity contribution in [2.45, 2.75) is 6.04 Å². The van der Waals surface area contributed by atoms with E-state index in [4.69, 9.17) is 26.4 Å². The smallest absolute Gasteiger partial charge is 0.267 e. The first-order valence-corrected chi connectivity index (χ1v) is 10.9. The lowest BCUT2D eigenvalue weighted by Gasteiger charge is -2.33. The molecular weight excluding hydrogens is 430 g/mol. The van der Waals surface area contributed by atoms with Crippen LogP contribution < -0.4 is 14.2 Å². The molecular formula is C24H15NO4S2. The maximum absolute atomic E-state index is 13.5. The van der Waals surface area contributed by atoms with Crippen LogP contribution in [0.25, 0.3) is 6.08 Å². The zero-order chi connectivity index (χ0) is 20.9. The zero-order valence-electron chi connectivity index (χ0n) is 16.1. The quantitative estimate of drug-likeness (QED) is 0.383. The molecule has 3 heterocycles. The van der Waals surface area contributed by atoms with E-state index in [1.165, 1.54) is 11.8 Å². The number of rotatable bonds is 2. The first-order valence-electron chi connectivity index (χ1n) is 9.71. The van der Waals surface area contributed by atoms with Gasteiger partial charge in [0.2, 0.25) is 6.79 Å². The minimum absolute atomic E-state index is 0.121. The molecule has 1 saturated heterocycles. The average molecular weight is 446 g/mol. The molecule has 0 N–H and O–H groups in total. The Hall–Kier alpha value is -3.29. The number of carbonyl (C=O) groups excluding carboxylic acids is 1. The van der Waals surface area contributed by atoms with Crippen molar-refractivity contribution in [1.29, 1.82) is 0 Å². The van der Waals surface area contributed by atoms with Gasteiger partial charge in [0.05, 0.1) is 10.9 Å². The Morgan fingerprint density at radius 3 is 2.32 bits per heavy atom. The predicted molar refractivity (Wildman–Crippen MR) is 122 cm³/mol. The van der Waals surface area contributed by atoms with Crippen LogP contribution in [0.1, 0.15) is 22.7 Å². The monoisotopic (exact) mass is 445 g/mol. The van der Waals surface area contributed by atoms with Crippen molar-refractivity contribution in [3.63, 3.8) is 0 Å². The van der Waals surface area contributed by atoms with Crippen molar-refractivity contribution in [3.05, 3.63) is 88.3 Å². The van der Waals surface area contributed by atoms with Crippen LogP contribution in [0.2, 0.25) is 0 Å². The SMILES string of the molecule is O=C1/C(=C\c2ccc3c(c2)OCO3)SC(=S)N1C1c2ccccc2Oc2ccccc21. The first-order chi connectivity index (χ1) is 15.2. The molecule has 0 aliphatic carbocycles. The summed E-state index contributed by atoms with van der Waals surface area (Å²) in [5.41, 5.74) is 2.70. The molecule has 0 radical (unpaired) electrons. The lowest BCUT2D eigenvalue weighted by Crippen LogP contribution is -2.34. The summed E-state index contributed by atoms with van der Waals surface area (Å²) < 4.78 is 17.4. The number of hydrogen-bond acceptors (Lipinski definition) is 6. The van der Waals surface area contributed by atoms with Gasteiger partial charge >= 0.3 is 0 Å². The second kappa shape index (κ2) is 7.14. The van der Waals surface area contributed by atoms with Crippen LogP contribution in [-0.4, -0.2) is 21.9 Å². The molecule has 1 amide bonds. The summed E-state index contributed by atoms with van der Waals surface area (Å²) in [5.74, 6) is 2.74. The van der Waals surface area contributed by atoms with Gasteiger partial charge in [-0.05, 0) is 35.9 Å². The number of amides is 1. The van der Waals surface area contributed by atoms with Crippen LogP contribution in [0.5, 0.6) is 23.0 Å². The van der Waals surface area contributed by atoms with E-state index in [0.29, 0.717) is 20.7 Å². The Labute approximate surface area is 188 Å². The highest BCUT2D eigenvalue weighted by Crippen LogP contribution is 2.49. The van der Waals surface area contributed by atoms with Gasteiger partial charge in [0, 0.05) is 11.1 Å². The van der Waals surface area contributed by atoms with E-state index in [-0.39, 0.29) is 18.7 Å². The van der Waals surface area contributed by atoms with Gasteiger partial charge in [-0.15, -0.1) is 0 Å². The van der Waals surface area contributed by atoms with Crippen LogP contribution in [0, 0.1) is 0 Å². The second-order valence-electron chi connectivity index (χ2n) is 7.24. The summed E-state index contributed by atoms with van der Waals surface area (Å²) in [4.78, 5) is 15.8. The van der Waals surface area contributed by atoms with Gasteiger partial charge in [-0.1, -0.05) is 66.4 Å². The molecule has 3 aromatic carbocycles. The van der Waals surface area contributed by atoms with Crippen LogP contribution >= 0.6 is 24.0 Å². The third kappa shape index (κ3) is 3.00. The largest absolute Gasteiger partial charge is 0.457 e. The number of thiocarbonyl (C=S) groups is 1. The van der Waals surface area contributed by atoms with E-state index in [1.807, 2.05) is 72.8 Å². The molecule has 6 rings (SSSR count). The molecule has 0 unspecified atom stereocenters. The van der Waals surface area contributed by atoms with Gasteiger partial charge in [0.1, 0.15) is 15.8 Å². The van der Waals surface area contributed by atoms with Crippen molar-refractivity contribution >= 4 is 40.3 Å². The van der Waals surface area contributed by atoms with E-state index in [9.17, 15) is 4.79 Å². The number of para-hydroxylation sites is 2. The number of ether oxygens (including phenoxy) is 3. The minimum Gasteiger partial charge on any atom is -0.457 e. The van der Waals surface area contributed by atoms with Gasteiger partial charge in [0.25, 0.3) is 5.91 Å². The standard InChI is InChI=1S/C24H15NO4S2/c26-23-21(12-14-9-10-19-20(11-14)28-13-27-19)31-24(30)25(23)22-15-5-1-3-7-17(15)29-18-8-4-2-6-16(18)22/h1-12,22H,13H2/b21-12+. The molecule has 0 saturated carbocycles. The number of hydrogen-bond donors (Lipinski definition) is 0. The Morgan fingerprint density at radius 2 is 1.58 bits per heavy atom. The van der Waals surface area contributed by atoms with E-state index in [0.717, 1.165) is 28.2 Å². The third-order valence-electron chi connectivity index (χ3n) is 5.42. The van der Waals surface area contributed by atoms with E-state index >= 15 is 0 Å². The maximum atomic E-state index is 13.5. The van der Waals surface area contributed by atoms with Gasteiger partial charge in [-0.25, -0.2) is 0 Å². The molecule has 0 spiro atoms. The molecule has 0 bridgehead atoms. The number of nitrogens with zero attached hydrogens (tertiary/aromatic N) is 1. The second-order valence-corrected chi connectivity index (χ2v) is 8.92. The lowest BCUT2D eigenvalue weighted by molar-refractivity contribution is -0.123. The highest BCUT2D eigenvalue weighted by Gasteiger charge is 2.42. The Bertz CT molecular complexity index is 1240. The Balaban J connectivity index is 1.41. The zero-order valence-corrected chi connectivity index (χ0v) is 17.7. The predicted octanol–water partition coefficient (Wildman–Crippen LogP) is 5.51. The average Bonchev–Trinajstić information content (AvgIpc) is 3.36. The van der Waals surface area contributed by atoms with E-state index < -0.39 is 0 Å². The molecule has 0 atom stereocenters. The molecule has 7 heteroatoms. The van der Waals surface area contributed by atoms with Crippen molar-refractivity contribution in [3.8, 4) is 23.0 Å². The maximum Gasteiger partial charge on any atom is 0.267 e. The summed E-state index contributed by atoms with van der Waals surface area (Å²) in [6.07, 6.45) is 1.85. The van der Waals surface area contributed by atoms with Gasteiger partial charge in [-0.2, -0.15) is 0 Å². The molecule has 3 aromatic rings. The number of fused-ring (bicyclic) bond motifs is 3. The van der Waals surface area contributed by atoms with E-state index in [2.05, 4.69) is 0 Å². The third-order valence-corrected chi connectivity index (χ3v) is 6.75. The molecule has 31 heavy (non-hydrogen) atoms. The van der Waals surface area contributed by atoms with Gasteiger partial charge in [-0.3, -0.25) is 9.69 Å². The molecule has 3 aliphatic rings. The number of carbonyl (C=O) groups is 1. The lowest BCUT2D eigenvalue weighted by atomic mass is 9.93. The first kappa shape index (κ1) is 18.5. The van der Waals surface area contributed by atoms with Gasteiger partial charge in [0.15, 0.2) is 11.5 Å². The molecule has 0 aromatic heterocycles. The fourth-order valence-corrected chi connectivity index (χ4v) is 5.33. The molecule has 3 aliphatic heterocycles. The highest BCUT2D eigenvalue weighted by molar-refractivity contribution is 8.26. The highest BCUT2D eigenvalue weighted by atomic mass is 32.2. The number of benzene rings is 3. The topological polar surface area (TPSA) is 48.0 Å². The summed E-state index contributed by atoms with van der Waals surface area (Å²) in [5, 5.41) is 0. The van der Waals surface area contributed by atoms with Crippen molar-refractivity contribution in [2.75, 3.05) is 6.79 Å². The molecule has 152 valence electrons. The van der Waals surface area contributed by atoms with E-state index in [1.54, 1.807) is 4.90 Å². The summed E-state index contributed by atoms with van der Waals surface area (Å²) in [7, 11) is 0.